The van der Waals surface area contributed by atoms with E-state index in [-0.39, 0.29) is 47.6 Å². The van der Waals surface area contributed by atoms with Crippen molar-refractivity contribution in [2.45, 2.75) is 58.1 Å². The summed E-state index contributed by atoms with van der Waals surface area (Å²) in [5.41, 5.74) is 0. The summed E-state index contributed by atoms with van der Waals surface area (Å²) >= 11 is 0. The maximum absolute atomic E-state index is 13.1. The minimum atomic E-state index is -0.273. The van der Waals surface area contributed by atoms with E-state index in [4.69, 9.17) is 0 Å². The van der Waals surface area contributed by atoms with Gasteiger partial charge in [0.15, 0.2) is 0 Å². The standard InChI is InChI=1S/C17H24N2O3/c1-8-9(2)19-15(18-16(8)21)12-6-4-10-3-5-11(20)7-13(10)14(12)17(19)22/h8-14,20H,3-7H2,1-2H3/t8-,9?,10?,11?,12?,13?,14?/m0/s1. The Hall–Kier alpha value is -1.23. The van der Waals surface area contributed by atoms with Gasteiger partial charge in [-0.2, -0.15) is 4.99 Å². The number of amides is 2. The third-order valence-electron chi connectivity index (χ3n) is 6.61. The number of aliphatic imine (C=N–C) groups is 1. The molecule has 4 rings (SSSR count). The number of amidine groups is 1. The molecule has 3 fully saturated rings. The second-order valence-corrected chi connectivity index (χ2v) is 7.65. The van der Waals surface area contributed by atoms with E-state index >= 15 is 0 Å². The first-order valence-corrected chi connectivity index (χ1v) is 8.62. The Morgan fingerprint density at radius 3 is 2.64 bits per heavy atom. The van der Waals surface area contributed by atoms with Crippen molar-refractivity contribution >= 4 is 17.6 Å². The summed E-state index contributed by atoms with van der Waals surface area (Å²) in [6.45, 7) is 3.81. The molecule has 7 atom stereocenters. The Kier molecular flexibility index (Phi) is 3.19. The van der Waals surface area contributed by atoms with Crippen molar-refractivity contribution in [3.63, 3.8) is 0 Å². The van der Waals surface area contributed by atoms with E-state index in [1.165, 1.54) is 0 Å². The van der Waals surface area contributed by atoms with Gasteiger partial charge in [-0.05, 0) is 50.9 Å². The van der Waals surface area contributed by atoms with E-state index in [0.717, 1.165) is 37.9 Å². The van der Waals surface area contributed by atoms with Crippen LogP contribution in [0.2, 0.25) is 0 Å². The molecule has 2 heterocycles. The zero-order chi connectivity index (χ0) is 15.6. The number of rotatable bonds is 0. The van der Waals surface area contributed by atoms with Crippen molar-refractivity contribution in [2.24, 2.45) is 34.6 Å². The van der Waals surface area contributed by atoms with Crippen LogP contribution in [0, 0.1) is 29.6 Å². The van der Waals surface area contributed by atoms with E-state index in [2.05, 4.69) is 4.99 Å². The van der Waals surface area contributed by atoms with E-state index in [0.29, 0.717) is 5.92 Å². The lowest BCUT2D eigenvalue weighted by molar-refractivity contribution is -0.138. The molecule has 1 N–H and O–H groups in total. The lowest BCUT2D eigenvalue weighted by Crippen LogP contribution is -2.48. The first-order chi connectivity index (χ1) is 10.5. The van der Waals surface area contributed by atoms with Gasteiger partial charge in [0.2, 0.25) is 5.91 Å². The summed E-state index contributed by atoms with van der Waals surface area (Å²) < 4.78 is 0. The lowest BCUT2D eigenvalue weighted by atomic mass is 9.61. The highest BCUT2D eigenvalue weighted by molar-refractivity contribution is 6.13. The van der Waals surface area contributed by atoms with Crippen LogP contribution in [0.1, 0.15) is 46.0 Å². The fraction of sp³-hybridized carbons (Fsp3) is 0.824. The van der Waals surface area contributed by atoms with Gasteiger partial charge in [-0.15, -0.1) is 0 Å². The van der Waals surface area contributed by atoms with Gasteiger partial charge in [0.1, 0.15) is 5.84 Å². The van der Waals surface area contributed by atoms with E-state index in [1.807, 2.05) is 18.7 Å². The smallest absolute Gasteiger partial charge is 0.252 e. The molecule has 0 bridgehead atoms. The molecule has 1 saturated heterocycles. The molecule has 120 valence electrons. The average Bonchev–Trinajstić information content (AvgIpc) is 2.78. The Morgan fingerprint density at radius 1 is 1.14 bits per heavy atom. The normalized spacial score (nSPS) is 47.7. The topological polar surface area (TPSA) is 70.0 Å². The average molecular weight is 304 g/mol. The van der Waals surface area contributed by atoms with Crippen LogP contribution in [0.25, 0.3) is 0 Å². The van der Waals surface area contributed by atoms with Gasteiger partial charge < -0.3 is 5.11 Å². The highest BCUT2D eigenvalue weighted by Gasteiger charge is 2.57. The van der Waals surface area contributed by atoms with E-state index in [1.54, 1.807) is 0 Å². The summed E-state index contributed by atoms with van der Waals surface area (Å²) in [4.78, 5) is 31.2. The summed E-state index contributed by atoms with van der Waals surface area (Å²) in [5.74, 6) is 1.42. The lowest BCUT2D eigenvalue weighted by Gasteiger charge is -2.42. The highest BCUT2D eigenvalue weighted by atomic mass is 16.3. The fourth-order valence-corrected chi connectivity index (χ4v) is 5.20. The number of aliphatic hydroxyl groups excluding tert-OH is 1. The molecule has 2 aliphatic carbocycles. The number of carbonyl (C=O) groups is 2. The maximum Gasteiger partial charge on any atom is 0.252 e. The van der Waals surface area contributed by atoms with Crippen molar-refractivity contribution in [3.05, 3.63) is 0 Å². The number of fused-ring (bicyclic) bond motifs is 5. The van der Waals surface area contributed by atoms with Crippen LogP contribution < -0.4 is 0 Å². The van der Waals surface area contributed by atoms with Gasteiger partial charge in [-0.25, -0.2) is 0 Å². The number of nitrogens with zero attached hydrogens (tertiary/aromatic N) is 2. The molecule has 2 amide bonds. The maximum atomic E-state index is 13.1. The van der Waals surface area contributed by atoms with Gasteiger partial charge in [-0.1, -0.05) is 6.92 Å². The number of aliphatic hydroxyl groups is 1. The summed E-state index contributed by atoms with van der Waals surface area (Å²) in [6, 6.07) is -0.0925. The molecule has 0 radical (unpaired) electrons. The van der Waals surface area contributed by atoms with Crippen LogP contribution in [0.3, 0.4) is 0 Å². The molecule has 2 saturated carbocycles. The number of carbonyl (C=O) groups excluding carboxylic acids is 2. The molecule has 0 aromatic heterocycles. The number of hydrogen-bond donors (Lipinski definition) is 1. The van der Waals surface area contributed by atoms with Crippen LogP contribution in [0.4, 0.5) is 0 Å². The third kappa shape index (κ3) is 1.84. The SMILES string of the molecule is CC1[C@H](C)C(=O)N=C2C3CCC4CCC(O)CC4C3C(=O)N21. The second-order valence-electron chi connectivity index (χ2n) is 7.65. The monoisotopic (exact) mass is 304 g/mol. The Bertz CT molecular complexity index is 558. The highest BCUT2D eigenvalue weighted by Crippen LogP contribution is 2.51. The van der Waals surface area contributed by atoms with Gasteiger partial charge in [0.05, 0.1) is 17.9 Å². The van der Waals surface area contributed by atoms with Crippen LogP contribution >= 0.6 is 0 Å². The molecule has 0 aromatic rings. The zero-order valence-corrected chi connectivity index (χ0v) is 13.2. The summed E-state index contributed by atoms with van der Waals surface area (Å²) in [5, 5.41) is 10.0. The van der Waals surface area contributed by atoms with Crippen LogP contribution in [0.5, 0.6) is 0 Å². The van der Waals surface area contributed by atoms with Crippen LogP contribution in [-0.4, -0.2) is 39.8 Å². The van der Waals surface area contributed by atoms with Crippen molar-refractivity contribution in [3.8, 4) is 0 Å². The van der Waals surface area contributed by atoms with Crippen molar-refractivity contribution in [1.82, 2.24) is 4.90 Å². The van der Waals surface area contributed by atoms with Crippen molar-refractivity contribution in [2.75, 3.05) is 0 Å². The van der Waals surface area contributed by atoms with Crippen molar-refractivity contribution < 1.29 is 14.7 Å². The molecular formula is C17H24N2O3. The zero-order valence-electron chi connectivity index (χ0n) is 13.2. The largest absolute Gasteiger partial charge is 0.393 e. The third-order valence-corrected chi connectivity index (χ3v) is 6.61. The molecule has 5 heteroatoms. The summed E-state index contributed by atoms with van der Waals surface area (Å²) in [6.07, 6.45) is 4.40. The summed E-state index contributed by atoms with van der Waals surface area (Å²) in [7, 11) is 0. The Morgan fingerprint density at radius 2 is 1.86 bits per heavy atom. The van der Waals surface area contributed by atoms with Gasteiger partial charge >= 0.3 is 0 Å². The van der Waals surface area contributed by atoms with Crippen LogP contribution in [0.15, 0.2) is 4.99 Å². The minimum absolute atomic E-state index is 0.0620. The molecule has 2 aliphatic heterocycles. The predicted molar refractivity (Wildman–Crippen MR) is 81.0 cm³/mol. The van der Waals surface area contributed by atoms with Gasteiger partial charge in [0, 0.05) is 12.0 Å². The minimum Gasteiger partial charge on any atom is -0.393 e. The molecule has 4 aliphatic rings. The van der Waals surface area contributed by atoms with Crippen LogP contribution in [-0.2, 0) is 9.59 Å². The Balaban J connectivity index is 1.72. The predicted octanol–water partition coefficient (Wildman–Crippen LogP) is 1.60. The quantitative estimate of drug-likeness (QED) is 0.739. The fourth-order valence-electron chi connectivity index (χ4n) is 5.20. The molecule has 6 unspecified atom stereocenters. The van der Waals surface area contributed by atoms with Gasteiger partial charge in [0.25, 0.3) is 5.91 Å². The second kappa shape index (κ2) is 4.88. The van der Waals surface area contributed by atoms with E-state index < -0.39 is 0 Å². The molecular weight excluding hydrogens is 280 g/mol. The first-order valence-electron chi connectivity index (χ1n) is 8.62. The Labute approximate surface area is 130 Å². The first kappa shape index (κ1) is 14.4. The molecule has 22 heavy (non-hydrogen) atoms. The molecule has 5 nitrogen and oxygen atoms in total. The van der Waals surface area contributed by atoms with Crippen molar-refractivity contribution in [1.29, 1.82) is 0 Å². The number of hydrogen-bond acceptors (Lipinski definition) is 3. The van der Waals surface area contributed by atoms with E-state index in [9.17, 15) is 14.7 Å². The molecule has 0 aromatic carbocycles. The van der Waals surface area contributed by atoms with Gasteiger partial charge in [-0.3, -0.25) is 14.5 Å². The molecule has 0 spiro atoms.